The lowest BCUT2D eigenvalue weighted by Gasteiger charge is -2.27. The van der Waals surface area contributed by atoms with Crippen molar-refractivity contribution in [2.24, 2.45) is 0 Å². The van der Waals surface area contributed by atoms with E-state index in [4.69, 9.17) is 4.74 Å². The number of nitrogens with one attached hydrogen (secondary N) is 1. The van der Waals surface area contributed by atoms with Gasteiger partial charge in [0.1, 0.15) is 5.75 Å². The summed E-state index contributed by atoms with van der Waals surface area (Å²) >= 11 is 0. The highest BCUT2D eigenvalue weighted by Gasteiger charge is 2.21. The van der Waals surface area contributed by atoms with Gasteiger partial charge in [0.25, 0.3) is 0 Å². The van der Waals surface area contributed by atoms with Gasteiger partial charge in [-0.05, 0) is 81.2 Å². The number of benzene rings is 1. The number of hydrogen-bond donors (Lipinski definition) is 1. The first kappa shape index (κ1) is 13.9. The monoisotopic (exact) mass is 273 g/mol. The van der Waals surface area contributed by atoms with Crippen LogP contribution in [0.15, 0.2) is 18.2 Å². The molecule has 0 amide bonds. The molecule has 1 N–H and O–H groups in total. The van der Waals surface area contributed by atoms with E-state index in [2.05, 4.69) is 30.4 Å². The number of fused-ring (bicyclic) bond motifs is 1. The third kappa shape index (κ3) is 3.17. The quantitative estimate of drug-likeness (QED) is 0.859. The summed E-state index contributed by atoms with van der Waals surface area (Å²) in [5, 5.41) is 3.69. The van der Waals surface area contributed by atoms with Crippen LogP contribution in [0.2, 0.25) is 0 Å². The molecule has 1 fully saturated rings. The Bertz CT molecular complexity index is 437. The van der Waals surface area contributed by atoms with Crippen LogP contribution in [0, 0.1) is 0 Å². The van der Waals surface area contributed by atoms with Crippen LogP contribution in [0.4, 0.5) is 0 Å². The van der Waals surface area contributed by atoms with Gasteiger partial charge >= 0.3 is 0 Å². The van der Waals surface area contributed by atoms with Gasteiger partial charge in [-0.1, -0.05) is 13.0 Å². The zero-order valence-electron chi connectivity index (χ0n) is 12.7. The predicted octanol–water partition coefficient (Wildman–Crippen LogP) is 4.39. The van der Waals surface area contributed by atoms with Crippen LogP contribution >= 0.6 is 0 Å². The summed E-state index contributed by atoms with van der Waals surface area (Å²) in [6.45, 7) is 3.34. The summed E-state index contributed by atoms with van der Waals surface area (Å²) < 4.78 is 6.17. The topological polar surface area (TPSA) is 21.3 Å². The highest BCUT2D eigenvalue weighted by atomic mass is 16.5. The summed E-state index contributed by atoms with van der Waals surface area (Å²) in [6.07, 6.45) is 10.6. The molecule has 1 aromatic carbocycles. The second-order valence-corrected chi connectivity index (χ2v) is 6.28. The minimum absolute atomic E-state index is 0.457. The molecule has 0 saturated heterocycles. The van der Waals surface area contributed by atoms with Crippen LogP contribution in [0.5, 0.6) is 5.75 Å². The largest absolute Gasteiger partial charge is 0.490 e. The molecule has 0 radical (unpaired) electrons. The van der Waals surface area contributed by atoms with Gasteiger partial charge in [-0.2, -0.15) is 0 Å². The minimum Gasteiger partial charge on any atom is -0.490 e. The Morgan fingerprint density at radius 1 is 1.15 bits per heavy atom. The third-order valence-electron chi connectivity index (χ3n) is 4.68. The number of ether oxygens (including phenoxy) is 1. The van der Waals surface area contributed by atoms with Gasteiger partial charge in [0.05, 0.1) is 6.10 Å². The summed E-state index contributed by atoms with van der Waals surface area (Å²) in [5.74, 6) is 1.08. The van der Waals surface area contributed by atoms with Crippen LogP contribution in [-0.2, 0) is 6.42 Å². The zero-order chi connectivity index (χ0) is 13.8. The molecule has 3 rings (SSSR count). The molecule has 1 unspecified atom stereocenters. The number of hydrogen-bond acceptors (Lipinski definition) is 2. The average Bonchev–Trinajstić information content (AvgIpc) is 2.98. The van der Waals surface area contributed by atoms with Gasteiger partial charge in [-0.25, -0.2) is 0 Å². The maximum absolute atomic E-state index is 6.17. The number of aryl methyl sites for hydroxylation is 1. The number of rotatable bonds is 5. The van der Waals surface area contributed by atoms with E-state index >= 15 is 0 Å². The summed E-state index contributed by atoms with van der Waals surface area (Å²) in [7, 11) is 0. The standard InChI is InChI=1S/C18H27NO/c1-2-12-19-18-9-5-6-14-10-11-16(13-17(14)18)20-15-7-3-4-8-15/h10-11,13,15,18-19H,2-9,12H2,1H3. The van der Waals surface area contributed by atoms with Crippen LogP contribution in [0.1, 0.15) is 69.0 Å². The van der Waals surface area contributed by atoms with E-state index in [1.807, 2.05) is 0 Å². The van der Waals surface area contributed by atoms with Crippen molar-refractivity contribution in [2.45, 2.75) is 70.4 Å². The molecule has 2 aliphatic rings. The van der Waals surface area contributed by atoms with Crippen molar-refractivity contribution in [1.82, 2.24) is 5.32 Å². The summed E-state index contributed by atoms with van der Waals surface area (Å²) in [5.41, 5.74) is 3.00. The molecule has 2 heteroatoms. The van der Waals surface area contributed by atoms with E-state index in [-0.39, 0.29) is 0 Å². The molecule has 110 valence electrons. The lowest BCUT2D eigenvalue weighted by atomic mass is 9.87. The van der Waals surface area contributed by atoms with E-state index in [0.717, 1.165) is 12.3 Å². The fourth-order valence-electron chi connectivity index (χ4n) is 3.58. The fraction of sp³-hybridized carbons (Fsp3) is 0.667. The van der Waals surface area contributed by atoms with E-state index in [0.29, 0.717) is 12.1 Å². The Kier molecular flexibility index (Phi) is 4.62. The Hall–Kier alpha value is -1.02. The van der Waals surface area contributed by atoms with Crippen LogP contribution in [0.3, 0.4) is 0 Å². The molecular formula is C18H27NO. The second-order valence-electron chi connectivity index (χ2n) is 6.28. The van der Waals surface area contributed by atoms with Crippen LogP contribution in [0.25, 0.3) is 0 Å². The Labute approximate surface area is 122 Å². The van der Waals surface area contributed by atoms with Crippen LogP contribution < -0.4 is 10.1 Å². The molecule has 0 aromatic heterocycles. The summed E-state index contributed by atoms with van der Waals surface area (Å²) in [6, 6.07) is 7.31. The van der Waals surface area contributed by atoms with Gasteiger partial charge in [0.2, 0.25) is 0 Å². The molecule has 0 heterocycles. The molecule has 1 atom stereocenters. The predicted molar refractivity (Wildman–Crippen MR) is 83.3 cm³/mol. The first-order chi connectivity index (χ1) is 9.86. The molecular weight excluding hydrogens is 246 g/mol. The van der Waals surface area contributed by atoms with Gasteiger partial charge in [-0.3, -0.25) is 0 Å². The normalized spacial score (nSPS) is 22.8. The molecule has 0 aliphatic heterocycles. The van der Waals surface area contributed by atoms with Crippen molar-refractivity contribution < 1.29 is 4.74 Å². The summed E-state index contributed by atoms with van der Waals surface area (Å²) in [4.78, 5) is 0. The van der Waals surface area contributed by atoms with Crippen molar-refractivity contribution >= 4 is 0 Å². The molecule has 0 spiro atoms. The molecule has 0 bridgehead atoms. The lowest BCUT2D eigenvalue weighted by molar-refractivity contribution is 0.209. The van der Waals surface area contributed by atoms with Gasteiger partial charge < -0.3 is 10.1 Å². The van der Waals surface area contributed by atoms with E-state index in [1.54, 1.807) is 0 Å². The SMILES string of the molecule is CCCNC1CCCc2ccc(OC3CCCC3)cc21. The minimum atomic E-state index is 0.457. The molecule has 20 heavy (non-hydrogen) atoms. The molecule has 2 aliphatic carbocycles. The van der Waals surface area contributed by atoms with E-state index in [9.17, 15) is 0 Å². The van der Waals surface area contributed by atoms with E-state index < -0.39 is 0 Å². The smallest absolute Gasteiger partial charge is 0.120 e. The molecule has 1 saturated carbocycles. The van der Waals surface area contributed by atoms with Crippen molar-refractivity contribution in [1.29, 1.82) is 0 Å². The second kappa shape index (κ2) is 6.62. The first-order valence-electron chi connectivity index (χ1n) is 8.39. The van der Waals surface area contributed by atoms with Gasteiger partial charge in [-0.15, -0.1) is 0 Å². The molecule has 1 aromatic rings. The Morgan fingerprint density at radius 2 is 2.00 bits per heavy atom. The maximum atomic E-state index is 6.17. The van der Waals surface area contributed by atoms with Gasteiger partial charge in [0.15, 0.2) is 0 Å². The van der Waals surface area contributed by atoms with Crippen LogP contribution in [-0.4, -0.2) is 12.6 Å². The average molecular weight is 273 g/mol. The van der Waals surface area contributed by atoms with Gasteiger partial charge in [0, 0.05) is 6.04 Å². The Morgan fingerprint density at radius 3 is 2.80 bits per heavy atom. The van der Waals surface area contributed by atoms with Crippen molar-refractivity contribution in [2.75, 3.05) is 6.54 Å². The maximum Gasteiger partial charge on any atom is 0.120 e. The Balaban J connectivity index is 1.74. The fourth-order valence-corrected chi connectivity index (χ4v) is 3.58. The molecule has 2 nitrogen and oxygen atoms in total. The third-order valence-corrected chi connectivity index (χ3v) is 4.68. The van der Waals surface area contributed by atoms with Crippen molar-refractivity contribution in [3.63, 3.8) is 0 Å². The zero-order valence-corrected chi connectivity index (χ0v) is 12.7. The van der Waals surface area contributed by atoms with Crippen molar-refractivity contribution in [3.8, 4) is 5.75 Å². The lowest BCUT2D eigenvalue weighted by Crippen LogP contribution is -2.26. The van der Waals surface area contributed by atoms with E-state index in [1.165, 1.54) is 62.5 Å². The highest BCUT2D eigenvalue weighted by Crippen LogP contribution is 2.33. The highest BCUT2D eigenvalue weighted by molar-refractivity contribution is 5.39. The first-order valence-corrected chi connectivity index (χ1v) is 8.39. The van der Waals surface area contributed by atoms with Crippen molar-refractivity contribution in [3.05, 3.63) is 29.3 Å².